The van der Waals surface area contributed by atoms with Crippen molar-refractivity contribution in [1.82, 2.24) is 10.2 Å². The van der Waals surface area contributed by atoms with Crippen molar-refractivity contribution >= 4 is 21.8 Å². The van der Waals surface area contributed by atoms with Crippen molar-refractivity contribution in [3.8, 4) is 5.75 Å². The van der Waals surface area contributed by atoms with Gasteiger partial charge in [-0.05, 0) is 63.1 Å². The number of sulfone groups is 1. The number of amides is 2. The van der Waals surface area contributed by atoms with Crippen LogP contribution in [0.25, 0.3) is 0 Å². The van der Waals surface area contributed by atoms with Gasteiger partial charge in [-0.2, -0.15) is 0 Å². The Hall–Kier alpha value is -3.14. The number of likely N-dealkylation sites (tertiary alicyclic amines) is 1. The largest absolute Gasteiger partial charge is 0.483 e. The highest BCUT2D eigenvalue weighted by Crippen LogP contribution is 2.36. The Labute approximate surface area is 199 Å². The Morgan fingerprint density at radius 1 is 1.15 bits per heavy atom. The van der Waals surface area contributed by atoms with Gasteiger partial charge < -0.3 is 19.7 Å². The predicted octanol–water partition coefficient (Wildman–Crippen LogP) is 3.51. The van der Waals surface area contributed by atoms with E-state index in [0.29, 0.717) is 25.1 Å². The van der Waals surface area contributed by atoms with Gasteiger partial charge in [-0.25, -0.2) is 17.6 Å². The van der Waals surface area contributed by atoms with Crippen molar-refractivity contribution < 1.29 is 31.9 Å². The second kappa shape index (κ2) is 10.0. The van der Waals surface area contributed by atoms with Crippen molar-refractivity contribution in [3.63, 3.8) is 0 Å². The average Bonchev–Trinajstić information content (AvgIpc) is 3.26. The zero-order valence-corrected chi connectivity index (χ0v) is 20.4. The number of nitrogens with one attached hydrogen (secondary N) is 1. The van der Waals surface area contributed by atoms with E-state index in [2.05, 4.69) is 5.32 Å². The van der Waals surface area contributed by atoms with Crippen LogP contribution in [-0.2, 0) is 19.4 Å². The minimum atomic E-state index is -4.02. The maximum Gasteiger partial charge on any atom is 0.410 e. The lowest BCUT2D eigenvalue weighted by atomic mass is 9.97. The Bertz CT molecular complexity index is 1180. The standard InChI is InChI=1S/C24H29FN2O6S/c1-24(2,3)33-23(29)27-11-10-16(14-27)20-9-8-19(13-21(20)32-15-22(28)26-4)34(30,31)18-7-5-6-17(25)12-18/h5-9,12-13,16H,10-11,14-15H2,1-4H3,(H,26,28). The minimum Gasteiger partial charge on any atom is -0.483 e. The zero-order chi connectivity index (χ0) is 25.1. The number of benzene rings is 2. The molecule has 0 aliphatic carbocycles. The number of nitrogens with zero attached hydrogens (tertiary/aromatic N) is 1. The molecule has 3 rings (SSSR count). The normalized spacial score (nSPS) is 16.3. The summed E-state index contributed by atoms with van der Waals surface area (Å²) in [5.74, 6) is -0.969. The van der Waals surface area contributed by atoms with Crippen LogP contribution >= 0.6 is 0 Å². The highest BCUT2D eigenvalue weighted by Gasteiger charge is 2.32. The number of hydrogen-bond donors (Lipinski definition) is 1. The molecule has 34 heavy (non-hydrogen) atoms. The number of carbonyl (C=O) groups is 2. The number of likely N-dealkylation sites (N-methyl/N-ethyl adjacent to an activating group) is 1. The average molecular weight is 493 g/mol. The van der Waals surface area contributed by atoms with Gasteiger partial charge in [-0.3, -0.25) is 4.79 Å². The van der Waals surface area contributed by atoms with E-state index < -0.39 is 27.3 Å². The van der Waals surface area contributed by atoms with E-state index in [-0.39, 0.29) is 34.0 Å². The summed E-state index contributed by atoms with van der Waals surface area (Å²) < 4.78 is 50.9. The monoisotopic (exact) mass is 492 g/mol. The van der Waals surface area contributed by atoms with Gasteiger partial charge >= 0.3 is 6.09 Å². The molecule has 10 heteroatoms. The number of halogens is 1. The van der Waals surface area contributed by atoms with E-state index >= 15 is 0 Å². The van der Waals surface area contributed by atoms with Gasteiger partial charge in [0.05, 0.1) is 9.79 Å². The van der Waals surface area contributed by atoms with Crippen molar-refractivity contribution in [2.75, 3.05) is 26.7 Å². The molecule has 1 unspecified atom stereocenters. The molecule has 1 heterocycles. The maximum atomic E-state index is 13.6. The van der Waals surface area contributed by atoms with Gasteiger partial charge in [0.25, 0.3) is 5.91 Å². The first-order chi connectivity index (χ1) is 15.9. The van der Waals surface area contributed by atoms with E-state index in [9.17, 15) is 22.4 Å². The van der Waals surface area contributed by atoms with Crippen molar-refractivity contribution in [3.05, 3.63) is 53.8 Å². The smallest absolute Gasteiger partial charge is 0.410 e. The third-order valence-electron chi connectivity index (χ3n) is 5.32. The second-order valence-corrected chi connectivity index (χ2v) is 11.0. The molecule has 1 aliphatic heterocycles. The number of rotatable bonds is 6. The quantitative estimate of drug-likeness (QED) is 0.662. The molecule has 0 bridgehead atoms. The van der Waals surface area contributed by atoms with E-state index in [4.69, 9.17) is 9.47 Å². The Balaban J connectivity index is 1.92. The molecule has 2 aromatic rings. The van der Waals surface area contributed by atoms with Crippen LogP contribution in [0.5, 0.6) is 5.75 Å². The summed E-state index contributed by atoms with van der Waals surface area (Å²) in [4.78, 5) is 25.5. The van der Waals surface area contributed by atoms with Gasteiger partial charge in [0.2, 0.25) is 9.84 Å². The summed E-state index contributed by atoms with van der Waals surface area (Å²) in [5.41, 5.74) is 0.0531. The van der Waals surface area contributed by atoms with Gasteiger partial charge in [0, 0.05) is 26.1 Å². The van der Waals surface area contributed by atoms with Crippen LogP contribution in [-0.4, -0.2) is 57.7 Å². The van der Waals surface area contributed by atoms with Crippen LogP contribution in [0.15, 0.2) is 52.3 Å². The Morgan fingerprint density at radius 2 is 1.85 bits per heavy atom. The van der Waals surface area contributed by atoms with Crippen LogP contribution in [0.2, 0.25) is 0 Å². The fraction of sp³-hybridized carbons (Fsp3) is 0.417. The first kappa shape index (κ1) is 25.5. The molecule has 1 atom stereocenters. The molecule has 2 aromatic carbocycles. The second-order valence-electron chi connectivity index (χ2n) is 9.03. The van der Waals surface area contributed by atoms with Crippen LogP contribution in [0.3, 0.4) is 0 Å². The lowest BCUT2D eigenvalue weighted by molar-refractivity contribution is -0.122. The predicted molar refractivity (Wildman–Crippen MR) is 123 cm³/mol. The summed E-state index contributed by atoms with van der Waals surface area (Å²) in [6.45, 7) is 5.90. The lowest BCUT2D eigenvalue weighted by Gasteiger charge is -2.24. The molecule has 0 spiro atoms. The highest BCUT2D eigenvalue weighted by atomic mass is 32.2. The van der Waals surface area contributed by atoms with Gasteiger partial charge in [0.1, 0.15) is 17.2 Å². The number of hydrogen-bond acceptors (Lipinski definition) is 6. The third-order valence-corrected chi connectivity index (χ3v) is 7.07. The van der Waals surface area contributed by atoms with Crippen LogP contribution < -0.4 is 10.1 Å². The molecular formula is C24H29FN2O6S. The van der Waals surface area contributed by atoms with Crippen LogP contribution in [0, 0.1) is 5.82 Å². The van der Waals surface area contributed by atoms with Crippen LogP contribution in [0.1, 0.15) is 38.7 Å². The molecule has 0 aromatic heterocycles. The Kier molecular flexibility index (Phi) is 7.50. The summed E-state index contributed by atoms with van der Waals surface area (Å²) in [7, 11) is -2.55. The first-order valence-corrected chi connectivity index (χ1v) is 12.3. The minimum absolute atomic E-state index is 0.0873. The molecule has 1 fully saturated rings. The molecule has 2 amide bonds. The molecule has 1 N–H and O–H groups in total. The zero-order valence-electron chi connectivity index (χ0n) is 19.6. The first-order valence-electron chi connectivity index (χ1n) is 10.9. The Morgan fingerprint density at radius 3 is 2.50 bits per heavy atom. The van der Waals surface area contributed by atoms with Crippen molar-refractivity contribution in [2.45, 2.75) is 48.5 Å². The fourth-order valence-electron chi connectivity index (χ4n) is 3.64. The molecule has 1 saturated heterocycles. The SMILES string of the molecule is CNC(=O)COc1cc(S(=O)(=O)c2cccc(F)c2)ccc1C1CCN(C(=O)OC(C)(C)C)C1. The van der Waals surface area contributed by atoms with Crippen LogP contribution in [0.4, 0.5) is 9.18 Å². The number of carbonyl (C=O) groups excluding carboxylic acids is 2. The topological polar surface area (TPSA) is 102 Å². The van der Waals surface area contributed by atoms with Crippen molar-refractivity contribution in [1.29, 1.82) is 0 Å². The molecule has 184 valence electrons. The summed E-state index contributed by atoms with van der Waals surface area (Å²) in [6.07, 6.45) is 0.194. The van der Waals surface area contributed by atoms with Gasteiger partial charge in [-0.15, -0.1) is 0 Å². The van der Waals surface area contributed by atoms with Crippen molar-refractivity contribution in [2.24, 2.45) is 0 Å². The molecule has 1 aliphatic rings. The van der Waals surface area contributed by atoms with Gasteiger partial charge in [-0.1, -0.05) is 12.1 Å². The van der Waals surface area contributed by atoms with Gasteiger partial charge in [0.15, 0.2) is 6.61 Å². The fourth-order valence-corrected chi connectivity index (χ4v) is 4.94. The summed E-state index contributed by atoms with van der Waals surface area (Å²) in [6, 6.07) is 9.14. The summed E-state index contributed by atoms with van der Waals surface area (Å²) in [5, 5.41) is 2.45. The lowest BCUT2D eigenvalue weighted by Crippen LogP contribution is -2.35. The maximum absolute atomic E-state index is 13.6. The van der Waals surface area contributed by atoms with E-state index in [1.807, 2.05) is 0 Å². The third kappa shape index (κ3) is 6.05. The molecule has 0 saturated carbocycles. The molecule has 0 radical (unpaired) electrons. The van der Waals surface area contributed by atoms with E-state index in [0.717, 1.165) is 12.1 Å². The van der Waals surface area contributed by atoms with E-state index in [1.165, 1.54) is 31.3 Å². The molecular weight excluding hydrogens is 463 g/mol. The number of ether oxygens (including phenoxy) is 2. The van der Waals surface area contributed by atoms with E-state index in [1.54, 1.807) is 31.7 Å². The molecule has 8 nitrogen and oxygen atoms in total. The summed E-state index contributed by atoms with van der Waals surface area (Å²) >= 11 is 0. The highest BCUT2D eigenvalue weighted by molar-refractivity contribution is 7.91.